The highest BCUT2D eigenvalue weighted by Gasteiger charge is 2.29. The highest BCUT2D eigenvalue weighted by Crippen LogP contribution is 2.27. The van der Waals surface area contributed by atoms with Crippen molar-refractivity contribution in [2.45, 2.75) is 47.5 Å². The quantitative estimate of drug-likeness (QED) is 0.534. The van der Waals surface area contributed by atoms with Gasteiger partial charge in [0.05, 0.1) is 5.92 Å². The van der Waals surface area contributed by atoms with Crippen LogP contribution < -0.4 is 5.32 Å². The number of Topliss-reactive ketones (excluding diaryl/α,β-unsaturated/α-hetero) is 1. The number of piperidine rings is 1. The summed E-state index contributed by atoms with van der Waals surface area (Å²) in [6.07, 6.45) is 1.05. The molecule has 32 heavy (non-hydrogen) atoms. The van der Waals surface area contributed by atoms with Crippen LogP contribution in [0.4, 0.5) is 10.5 Å². The number of amides is 2. The zero-order chi connectivity index (χ0) is 23.4. The van der Waals surface area contributed by atoms with Gasteiger partial charge in [-0.15, -0.1) is 0 Å². The van der Waals surface area contributed by atoms with Crippen LogP contribution in [0.15, 0.2) is 30.3 Å². The maximum absolute atomic E-state index is 12.9. The molecule has 0 radical (unpaired) electrons. The Morgan fingerprint density at radius 3 is 1.97 bits per heavy atom. The number of para-hydroxylation sites is 1. The molecule has 0 aliphatic carbocycles. The van der Waals surface area contributed by atoms with Crippen LogP contribution in [-0.4, -0.2) is 42.4 Å². The minimum Gasteiger partial charge on any atom is -0.457 e. The Hall–Kier alpha value is -3.15. The summed E-state index contributed by atoms with van der Waals surface area (Å²) in [5.74, 6) is -0.830. The number of carbonyl (C=O) groups is 3. The van der Waals surface area contributed by atoms with E-state index in [-0.39, 0.29) is 30.3 Å². The normalized spacial score (nSPS) is 14.2. The maximum Gasteiger partial charge on any atom is 0.321 e. The first-order valence-electron chi connectivity index (χ1n) is 11.1. The zero-order valence-electron chi connectivity index (χ0n) is 19.6. The Balaban J connectivity index is 1.53. The molecule has 0 atom stereocenters. The number of anilines is 1. The van der Waals surface area contributed by atoms with Crippen molar-refractivity contribution in [1.82, 2.24) is 4.90 Å². The summed E-state index contributed by atoms with van der Waals surface area (Å²) in [6, 6.07) is 9.11. The number of benzene rings is 2. The minimum absolute atomic E-state index is 0.167. The van der Waals surface area contributed by atoms with Gasteiger partial charge in [-0.25, -0.2) is 4.79 Å². The van der Waals surface area contributed by atoms with Gasteiger partial charge in [-0.1, -0.05) is 18.2 Å². The van der Waals surface area contributed by atoms with Crippen LogP contribution >= 0.6 is 0 Å². The SMILES string of the molecule is Cc1c(C)c(C)c(C(=O)COC(=O)C2CCN(C(=O)Nc3ccccc3)CC2)c(C)c1C. The molecule has 1 aliphatic rings. The van der Waals surface area contributed by atoms with Gasteiger partial charge in [0.2, 0.25) is 5.78 Å². The monoisotopic (exact) mass is 436 g/mol. The number of ether oxygens (including phenoxy) is 1. The number of nitrogens with zero attached hydrogens (tertiary/aromatic N) is 1. The van der Waals surface area contributed by atoms with Crippen LogP contribution in [0.2, 0.25) is 0 Å². The molecule has 1 fully saturated rings. The molecule has 0 aromatic heterocycles. The maximum atomic E-state index is 12.9. The number of urea groups is 1. The molecule has 1 heterocycles. The molecule has 0 spiro atoms. The highest BCUT2D eigenvalue weighted by molar-refractivity contribution is 6.01. The predicted octanol–water partition coefficient (Wildman–Crippen LogP) is 4.90. The van der Waals surface area contributed by atoms with E-state index in [0.29, 0.717) is 31.5 Å². The lowest BCUT2D eigenvalue weighted by molar-refractivity contribution is -0.148. The first-order chi connectivity index (χ1) is 15.2. The molecule has 3 rings (SSSR count). The van der Waals surface area contributed by atoms with Crippen molar-refractivity contribution < 1.29 is 19.1 Å². The molecule has 170 valence electrons. The molecule has 0 saturated carbocycles. The standard InChI is InChI=1S/C26H32N2O4/c1-16-17(2)19(4)24(20(5)18(16)3)23(29)15-32-25(30)21-11-13-28(14-12-21)26(31)27-22-9-7-6-8-10-22/h6-10,21H,11-15H2,1-5H3,(H,27,31). The van der Waals surface area contributed by atoms with E-state index in [1.54, 1.807) is 4.90 Å². The Labute approximate surface area is 189 Å². The Bertz CT molecular complexity index is 993. The van der Waals surface area contributed by atoms with E-state index in [9.17, 15) is 14.4 Å². The molecule has 2 aromatic carbocycles. The van der Waals surface area contributed by atoms with E-state index in [2.05, 4.69) is 12.2 Å². The lowest BCUT2D eigenvalue weighted by Gasteiger charge is -2.31. The number of hydrogen-bond acceptors (Lipinski definition) is 4. The van der Waals surface area contributed by atoms with Gasteiger partial charge in [-0.05, 0) is 87.4 Å². The second-order valence-corrected chi connectivity index (χ2v) is 8.59. The number of hydrogen-bond donors (Lipinski definition) is 1. The van der Waals surface area contributed by atoms with E-state index < -0.39 is 0 Å². The fourth-order valence-corrected chi connectivity index (χ4v) is 4.29. The third-order valence-corrected chi connectivity index (χ3v) is 6.76. The molecule has 2 amide bonds. The second kappa shape index (κ2) is 9.98. The van der Waals surface area contributed by atoms with Crippen LogP contribution in [0.1, 0.15) is 51.0 Å². The van der Waals surface area contributed by atoms with E-state index >= 15 is 0 Å². The molecular weight excluding hydrogens is 404 g/mol. The van der Waals surface area contributed by atoms with Crippen molar-refractivity contribution in [2.24, 2.45) is 5.92 Å². The average molecular weight is 437 g/mol. The average Bonchev–Trinajstić information content (AvgIpc) is 2.80. The number of ketones is 1. The molecule has 2 aromatic rings. The molecule has 0 bridgehead atoms. The molecular formula is C26H32N2O4. The predicted molar refractivity (Wildman–Crippen MR) is 125 cm³/mol. The third-order valence-electron chi connectivity index (χ3n) is 6.76. The van der Waals surface area contributed by atoms with Gasteiger partial charge >= 0.3 is 12.0 Å². The minimum atomic E-state index is -0.364. The van der Waals surface area contributed by atoms with Crippen molar-refractivity contribution in [3.8, 4) is 0 Å². The fraction of sp³-hybridized carbons (Fsp3) is 0.423. The first kappa shape index (κ1) is 23.5. The third kappa shape index (κ3) is 5.01. The lowest BCUT2D eigenvalue weighted by atomic mass is 9.88. The molecule has 6 nitrogen and oxygen atoms in total. The van der Waals surface area contributed by atoms with Crippen LogP contribution in [0.5, 0.6) is 0 Å². The molecule has 0 unspecified atom stereocenters. The van der Waals surface area contributed by atoms with Gasteiger partial charge in [0.1, 0.15) is 0 Å². The molecule has 1 saturated heterocycles. The van der Waals surface area contributed by atoms with Crippen molar-refractivity contribution in [3.05, 3.63) is 63.7 Å². The summed E-state index contributed by atoms with van der Waals surface area (Å²) in [5.41, 5.74) is 6.69. The zero-order valence-corrected chi connectivity index (χ0v) is 19.6. The Morgan fingerprint density at radius 2 is 1.41 bits per heavy atom. The van der Waals surface area contributed by atoms with E-state index in [1.807, 2.05) is 58.0 Å². The number of nitrogens with one attached hydrogen (secondary N) is 1. The Kier molecular flexibility index (Phi) is 7.33. The summed E-state index contributed by atoms with van der Waals surface area (Å²) >= 11 is 0. The van der Waals surface area contributed by atoms with Gasteiger partial charge in [0.15, 0.2) is 6.61 Å². The van der Waals surface area contributed by atoms with Gasteiger partial charge in [0, 0.05) is 24.3 Å². The number of esters is 1. The van der Waals surface area contributed by atoms with Crippen molar-refractivity contribution in [3.63, 3.8) is 0 Å². The molecule has 1 N–H and O–H groups in total. The summed E-state index contributed by atoms with van der Waals surface area (Å²) in [4.78, 5) is 39.5. The number of carbonyl (C=O) groups excluding carboxylic acids is 3. The van der Waals surface area contributed by atoms with Crippen LogP contribution in [0, 0.1) is 40.5 Å². The van der Waals surface area contributed by atoms with Gasteiger partial charge in [-0.2, -0.15) is 0 Å². The van der Waals surface area contributed by atoms with E-state index in [0.717, 1.165) is 27.9 Å². The van der Waals surface area contributed by atoms with Gasteiger partial charge in [0.25, 0.3) is 0 Å². The van der Waals surface area contributed by atoms with Crippen LogP contribution in [0.25, 0.3) is 0 Å². The van der Waals surface area contributed by atoms with Crippen LogP contribution in [0.3, 0.4) is 0 Å². The van der Waals surface area contributed by atoms with Crippen molar-refractivity contribution in [2.75, 3.05) is 25.0 Å². The molecule has 1 aliphatic heterocycles. The van der Waals surface area contributed by atoms with Crippen molar-refractivity contribution in [1.29, 1.82) is 0 Å². The van der Waals surface area contributed by atoms with E-state index in [4.69, 9.17) is 4.74 Å². The first-order valence-corrected chi connectivity index (χ1v) is 11.1. The number of rotatable bonds is 5. The lowest BCUT2D eigenvalue weighted by Crippen LogP contribution is -2.42. The van der Waals surface area contributed by atoms with Crippen molar-refractivity contribution >= 4 is 23.5 Å². The van der Waals surface area contributed by atoms with Gasteiger partial charge < -0.3 is 15.0 Å². The summed E-state index contributed by atoms with van der Waals surface area (Å²) in [7, 11) is 0. The van der Waals surface area contributed by atoms with E-state index in [1.165, 1.54) is 5.56 Å². The topological polar surface area (TPSA) is 75.7 Å². The second-order valence-electron chi connectivity index (χ2n) is 8.59. The fourth-order valence-electron chi connectivity index (χ4n) is 4.29. The smallest absolute Gasteiger partial charge is 0.321 e. The Morgan fingerprint density at radius 1 is 0.875 bits per heavy atom. The summed E-state index contributed by atoms with van der Waals surface area (Å²) in [6.45, 7) is 10.7. The number of likely N-dealkylation sites (tertiary alicyclic amines) is 1. The highest BCUT2D eigenvalue weighted by atomic mass is 16.5. The van der Waals surface area contributed by atoms with Crippen LogP contribution in [-0.2, 0) is 9.53 Å². The summed E-state index contributed by atoms with van der Waals surface area (Å²) < 4.78 is 5.40. The molecule has 6 heteroatoms. The van der Waals surface area contributed by atoms with Gasteiger partial charge in [-0.3, -0.25) is 9.59 Å². The largest absolute Gasteiger partial charge is 0.457 e. The summed E-state index contributed by atoms with van der Waals surface area (Å²) in [5, 5.41) is 2.86.